The van der Waals surface area contributed by atoms with Gasteiger partial charge >= 0.3 is 0 Å². The van der Waals surface area contributed by atoms with Crippen LogP contribution < -0.4 is 0 Å². The fraction of sp³-hybridized carbons (Fsp3) is 0.471. The lowest BCUT2D eigenvalue weighted by Gasteiger charge is -2.35. The molecule has 1 amide bonds. The number of hydrogen-bond donors (Lipinski definition) is 1. The van der Waals surface area contributed by atoms with Crippen molar-refractivity contribution in [1.29, 1.82) is 0 Å². The number of thiophene rings is 1. The van der Waals surface area contributed by atoms with Crippen molar-refractivity contribution >= 4 is 27.3 Å². The predicted octanol–water partition coefficient (Wildman–Crippen LogP) is 2.49. The summed E-state index contributed by atoms with van der Waals surface area (Å²) >= 11 is 1.43. The molecule has 0 spiro atoms. The first-order valence-electron chi connectivity index (χ1n) is 7.84. The average Bonchev–Trinajstić information content (AvgIpc) is 2.84. The smallest absolute Gasteiger partial charge is 0.264 e. The summed E-state index contributed by atoms with van der Waals surface area (Å²) in [5.74, 6) is -0.245. The number of nitrogens with zero attached hydrogens (tertiary/aromatic N) is 2. The second-order valence-electron chi connectivity index (χ2n) is 6.14. The molecular formula is C17H21FN2O2S. The lowest BCUT2D eigenvalue weighted by atomic mass is 10.1. The van der Waals surface area contributed by atoms with Crippen LogP contribution >= 0.6 is 11.3 Å². The molecule has 1 aliphatic rings. The van der Waals surface area contributed by atoms with Crippen LogP contribution in [0.15, 0.2) is 18.2 Å². The lowest BCUT2D eigenvalue weighted by molar-refractivity contribution is 0.0557. The molecule has 1 aliphatic heterocycles. The van der Waals surface area contributed by atoms with Gasteiger partial charge in [0.05, 0.1) is 11.0 Å². The first kappa shape index (κ1) is 16.4. The molecule has 0 radical (unpaired) electrons. The van der Waals surface area contributed by atoms with Crippen LogP contribution in [0.3, 0.4) is 0 Å². The van der Waals surface area contributed by atoms with Crippen LogP contribution in [0.1, 0.15) is 22.2 Å². The standard InChI is InChI=1S/C17H21FN2O2S/c1-11(21)10-19-5-7-20(8-6-19)17(22)16-12(2)14-9-13(18)3-4-15(14)23-16/h3-4,9,11,21H,5-8,10H2,1-2H3. The molecule has 2 heterocycles. The first-order valence-corrected chi connectivity index (χ1v) is 8.65. The van der Waals surface area contributed by atoms with Gasteiger partial charge in [0.1, 0.15) is 5.82 Å². The van der Waals surface area contributed by atoms with Gasteiger partial charge in [0.2, 0.25) is 0 Å². The third-order valence-electron chi connectivity index (χ3n) is 4.27. The Labute approximate surface area is 139 Å². The molecule has 23 heavy (non-hydrogen) atoms. The van der Waals surface area contributed by atoms with Gasteiger partial charge in [-0.1, -0.05) is 0 Å². The largest absolute Gasteiger partial charge is 0.392 e. The molecule has 1 saturated heterocycles. The Kier molecular flexibility index (Phi) is 4.66. The second kappa shape index (κ2) is 6.55. The maximum absolute atomic E-state index is 13.4. The van der Waals surface area contributed by atoms with Crippen LogP contribution in [0, 0.1) is 12.7 Å². The Balaban J connectivity index is 1.75. The monoisotopic (exact) mass is 336 g/mol. The number of piperazine rings is 1. The zero-order chi connectivity index (χ0) is 16.6. The van der Waals surface area contributed by atoms with Crippen molar-refractivity contribution in [3.05, 3.63) is 34.5 Å². The Morgan fingerprint density at radius 3 is 2.70 bits per heavy atom. The average molecular weight is 336 g/mol. The zero-order valence-electron chi connectivity index (χ0n) is 13.4. The first-order chi connectivity index (χ1) is 11.0. The number of β-amino-alcohol motifs (C(OH)–C–C–N with tert-alkyl or cyclic N) is 1. The highest BCUT2D eigenvalue weighted by Crippen LogP contribution is 2.32. The maximum atomic E-state index is 13.4. The highest BCUT2D eigenvalue weighted by atomic mass is 32.1. The molecule has 0 saturated carbocycles. The Hall–Kier alpha value is -1.50. The fourth-order valence-corrected chi connectivity index (χ4v) is 4.21. The molecule has 2 aromatic rings. The topological polar surface area (TPSA) is 43.8 Å². The molecule has 1 atom stereocenters. The van der Waals surface area contributed by atoms with Crippen LogP contribution in [-0.4, -0.2) is 59.6 Å². The molecule has 124 valence electrons. The van der Waals surface area contributed by atoms with Gasteiger partial charge in [-0.05, 0) is 43.0 Å². The van der Waals surface area contributed by atoms with E-state index in [2.05, 4.69) is 4.90 Å². The Bertz CT molecular complexity index is 721. The van der Waals surface area contributed by atoms with E-state index in [0.717, 1.165) is 28.7 Å². The van der Waals surface area contributed by atoms with Gasteiger partial charge in [-0.3, -0.25) is 9.69 Å². The second-order valence-corrected chi connectivity index (χ2v) is 7.19. The lowest BCUT2D eigenvalue weighted by Crippen LogP contribution is -2.50. The molecule has 1 aromatic carbocycles. The zero-order valence-corrected chi connectivity index (χ0v) is 14.2. The number of rotatable bonds is 3. The molecule has 4 nitrogen and oxygen atoms in total. The molecule has 0 bridgehead atoms. The highest BCUT2D eigenvalue weighted by molar-refractivity contribution is 7.21. The van der Waals surface area contributed by atoms with Gasteiger partial charge < -0.3 is 10.0 Å². The summed E-state index contributed by atoms with van der Waals surface area (Å²) in [5.41, 5.74) is 0.862. The van der Waals surface area contributed by atoms with Crippen LogP contribution in [0.4, 0.5) is 4.39 Å². The number of hydrogen-bond acceptors (Lipinski definition) is 4. The van der Waals surface area contributed by atoms with E-state index in [9.17, 15) is 14.3 Å². The van der Waals surface area contributed by atoms with Crippen LogP contribution in [0.5, 0.6) is 0 Å². The van der Waals surface area contributed by atoms with Crippen molar-refractivity contribution < 1.29 is 14.3 Å². The fourth-order valence-electron chi connectivity index (χ4n) is 3.05. The summed E-state index contributed by atoms with van der Waals surface area (Å²) in [6.07, 6.45) is -0.350. The van der Waals surface area contributed by atoms with Crippen molar-refractivity contribution in [2.45, 2.75) is 20.0 Å². The van der Waals surface area contributed by atoms with Crippen LogP contribution in [0.2, 0.25) is 0 Å². The number of aliphatic hydroxyl groups is 1. The Morgan fingerprint density at radius 2 is 2.04 bits per heavy atom. The minimum atomic E-state index is -0.350. The quantitative estimate of drug-likeness (QED) is 0.936. The number of aryl methyl sites for hydroxylation is 1. The molecule has 1 fully saturated rings. The summed E-state index contributed by atoms with van der Waals surface area (Å²) < 4.78 is 14.4. The van der Waals surface area contributed by atoms with E-state index in [1.165, 1.54) is 23.5 Å². The molecule has 6 heteroatoms. The van der Waals surface area contributed by atoms with Crippen molar-refractivity contribution in [2.75, 3.05) is 32.7 Å². The summed E-state index contributed by atoms with van der Waals surface area (Å²) in [7, 11) is 0. The molecule has 1 unspecified atom stereocenters. The van der Waals surface area contributed by atoms with E-state index in [1.807, 2.05) is 11.8 Å². The van der Waals surface area contributed by atoms with Gasteiger partial charge in [-0.25, -0.2) is 4.39 Å². The number of aliphatic hydroxyl groups excluding tert-OH is 1. The predicted molar refractivity (Wildman–Crippen MR) is 90.5 cm³/mol. The SMILES string of the molecule is Cc1c(C(=O)N2CCN(CC(C)O)CC2)sc2ccc(F)cc12. The van der Waals surface area contributed by atoms with Crippen LogP contribution in [-0.2, 0) is 0 Å². The number of carbonyl (C=O) groups is 1. The normalized spacial score (nSPS) is 17.7. The minimum absolute atomic E-state index is 0.0285. The number of amides is 1. The van der Waals surface area contributed by atoms with Gasteiger partial charge in [-0.2, -0.15) is 0 Å². The molecule has 0 aliphatic carbocycles. The van der Waals surface area contributed by atoms with Crippen molar-refractivity contribution in [3.63, 3.8) is 0 Å². The molecule has 3 rings (SSSR count). The van der Waals surface area contributed by atoms with Crippen molar-refractivity contribution in [2.24, 2.45) is 0 Å². The van der Waals surface area contributed by atoms with E-state index in [1.54, 1.807) is 13.0 Å². The molecular weight excluding hydrogens is 315 g/mol. The summed E-state index contributed by atoms with van der Waals surface area (Å²) in [5, 5.41) is 10.3. The summed E-state index contributed by atoms with van der Waals surface area (Å²) in [4.78, 5) is 17.5. The van der Waals surface area contributed by atoms with Crippen molar-refractivity contribution in [3.8, 4) is 0 Å². The van der Waals surface area contributed by atoms with E-state index < -0.39 is 0 Å². The maximum Gasteiger partial charge on any atom is 0.264 e. The van der Waals surface area contributed by atoms with Gasteiger partial charge in [0.25, 0.3) is 5.91 Å². The number of benzene rings is 1. The van der Waals surface area contributed by atoms with E-state index >= 15 is 0 Å². The summed E-state index contributed by atoms with van der Waals surface area (Å²) in [6, 6.07) is 4.67. The molecule has 1 N–H and O–H groups in total. The number of halogens is 1. The number of fused-ring (bicyclic) bond motifs is 1. The third-order valence-corrected chi connectivity index (χ3v) is 5.54. The Morgan fingerprint density at radius 1 is 1.35 bits per heavy atom. The van der Waals surface area contributed by atoms with E-state index in [0.29, 0.717) is 24.5 Å². The highest BCUT2D eigenvalue weighted by Gasteiger charge is 2.25. The van der Waals surface area contributed by atoms with Gasteiger partial charge in [0, 0.05) is 37.4 Å². The minimum Gasteiger partial charge on any atom is -0.392 e. The number of carbonyl (C=O) groups excluding carboxylic acids is 1. The van der Waals surface area contributed by atoms with Gasteiger partial charge in [-0.15, -0.1) is 11.3 Å². The van der Waals surface area contributed by atoms with Gasteiger partial charge in [0.15, 0.2) is 0 Å². The van der Waals surface area contributed by atoms with E-state index in [4.69, 9.17) is 0 Å². The van der Waals surface area contributed by atoms with Crippen molar-refractivity contribution in [1.82, 2.24) is 9.80 Å². The van der Waals surface area contributed by atoms with Crippen LogP contribution in [0.25, 0.3) is 10.1 Å². The molecule has 1 aromatic heterocycles. The third kappa shape index (κ3) is 3.39. The summed E-state index contributed by atoms with van der Waals surface area (Å²) in [6.45, 7) is 7.17. The van der Waals surface area contributed by atoms with E-state index in [-0.39, 0.29) is 17.8 Å².